The zero-order valence-electron chi connectivity index (χ0n) is 21.3. The molecule has 36 heavy (non-hydrogen) atoms. The Kier molecular flexibility index (Phi) is 21.6. The Morgan fingerprint density at radius 2 is 1.06 bits per heavy atom. The third-order valence-electron chi connectivity index (χ3n) is 3.87. The number of ether oxygens (including phenoxy) is 4. The van der Waals surface area contributed by atoms with Crippen LogP contribution in [0.15, 0.2) is 24.3 Å². The molecule has 0 saturated heterocycles. The molecule has 0 bridgehead atoms. The number of hydrogen-bond donors (Lipinski definition) is 0. The van der Waals surface area contributed by atoms with Crippen molar-refractivity contribution in [3.8, 4) is 34.5 Å². The van der Waals surface area contributed by atoms with Gasteiger partial charge < -0.3 is 56.7 Å². The fourth-order valence-electron chi connectivity index (χ4n) is 2.64. The average molecular weight is 580 g/mol. The van der Waals surface area contributed by atoms with Crippen LogP contribution in [0.2, 0.25) is 0 Å². The number of hydrogen-bond acceptors (Lipinski definition) is 12. The van der Waals surface area contributed by atoms with Crippen LogP contribution < -0.4 is 166 Å². The van der Waals surface area contributed by atoms with E-state index >= 15 is 0 Å². The molecule has 0 aliphatic carbocycles. The second-order valence-electron chi connectivity index (χ2n) is 5.88. The Morgan fingerprint density at radius 1 is 0.611 bits per heavy atom. The van der Waals surface area contributed by atoms with E-state index in [4.69, 9.17) is 18.9 Å². The first-order valence-electron chi connectivity index (χ1n) is 8.54. The molecule has 0 aliphatic heterocycles. The van der Waals surface area contributed by atoms with Gasteiger partial charge in [0.1, 0.15) is 15.6 Å². The summed E-state index contributed by atoms with van der Waals surface area (Å²) in [5, 5.41) is 0. The van der Waals surface area contributed by atoms with Crippen LogP contribution in [0.3, 0.4) is 0 Å². The molecule has 0 saturated carbocycles. The molecule has 176 valence electrons. The van der Waals surface area contributed by atoms with E-state index in [1.165, 1.54) is 45.6 Å². The van der Waals surface area contributed by atoms with Gasteiger partial charge in [-0.15, -0.1) is 0 Å². The molecule has 0 spiro atoms. The Labute approximate surface area is 297 Å². The van der Waals surface area contributed by atoms with Crippen LogP contribution in [0.1, 0.15) is 11.1 Å². The first-order chi connectivity index (χ1) is 14.9. The molecule has 0 aliphatic rings. The monoisotopic (exact) mass is 580 g/mol. The Morgan fingerprint density at radius 3 is 1.44 bits per heavy atom. The van der Waals surface area contributed by atoms with Gasteiger partial charge in [-0.25, -0.2) is 0 Å². The molecular weight excluding hydrogens is 562 g/mol. The van der Waals surface area contributed by atoms with E-state index in [1.807, 2.05) is 0 Å². The minimum Gasteiger partial charge on any atom is -0.780 e. The van der Waals surface area contributed by atoms with Crippen molar-refractivity contribution in [2.24, 2.45) is 0 Å². The topological polar surface area (TPSA) is 182 Å². The van der Waals surface area contributed by atoms with Gasteiger partial charge in [-0.2, -0.15) is 0 Å². The molecule has 2 rings (SSSR count). The summed E-state index contributed by atoms with van der Waals surface area (Å²) < 4.78 is 51.7. The summed E-state index contributed by atoms with van der Waals surface area (Å²) in [7, 11) is -6.01. The van der Waals surface area contributed by atoms with E-state index in [1.54, 1.807) is 12.1 Å². The molecule has 0 radical (unpaired) electrons. The van der Waals surface area contributed by atoms with Gasteiger partial charge in [-0.3, -0.25) is 0 Å². The molecule has 2 aromatic rings. The van der Waals surface area contributed by atoms with Gasteiger partial charge in [0, 0.05) is 5.56 Å². The third-order valence-corrected chi connectivity index (χ3v) is 4.69. The van der Waals surface area contributed by atoms with Crippen molar-refractivity contribution in [1.82, 2.24) is 0 Å². The summed E-state index contributed by atoms with van der Waals surface area (Å²) >= 11 is 0. The fourth-order valence-corrected chi connectivity index (χ4v) is 3.45. The average Bonchev–Trinajstić information content (AvgIpc) is 2.71. The number of rotatable bonds is 10. The summed E-state index contributed by atoms with van der Waals surface area (Å²) in [5.41, 5.74) is 0.365. The maximum absolute atomic E-state index is 11.2. The largest absolute Gasteiger partial charge is 1.00 e. The second kappa shape index (κ2) is 18.6. The van der Waals surface area contributed by atoms with Crippen LogP contribution in [0.25, 0.3) is 12.2 Å². The van der Waals surface area contributed by atoms with E-state index in [0.29, 0.717) is 22.8 Å². The van der Waals surface area contributed by atoms with Crippen molar-refractivity contribution >= 4 is 27.8 Å². The van der Waals surface area contributed by atoms with E-state index in [2.05, 4.69) is 9.05 Å². The van der Waals surface area contributed by atoms with Crippen LogP contribution in [0, 0.1) is 0 Å². The minimum atomic E-state index is -5.69. The van der Waals surface area contributed by atoms with Crippen LogP contribution in [-0.2, 0) is 9.13 Å². The van der Waals surface area contributed by atoms with Gasteiger partial charge in [-0.1, -0.05) is 12.2 Å². The van der Waals surface area contributed by atoms with Crippen LogP contribution in [0.5, 0.6) is 34.5 Å². The third kappa shape index (κ3) is 12.6. The van der Waals surface area contributed by atoms with E-state index in [0.717, 1.165) is 7.11 Å². The van der Waals surface area contributed by atoms with Crippen LogP contribution in [0.4, 0.5) is 0 Å². The molecular formula is C18H18Na4O12P2. The summed E-state index contributed by atoms with van der Waals surface area (Å²) in [6.45, 7) is 0. The molecule has 0 fully saturated rings. The zero-order valence-corrected chi connectivity index (χ0v) is 31.0. The van der Waals surface area contributed by atoms with Gasteiger partial charge in [0.25, 0.3) is 0 Å². The van der Waals surface area contributed by atoms with Crippen molar-refractivity contribution in [2.75, 3.05) is 28.4 Å². The SMILES string of the molecule is COc1cc(C=Cc2ccc(OC)c(OP(=O)([O-])[O-])c2OP(=O)([O-])[O-])cc(OC)c1OC.[Na+].[Na+].[Na+].[Na+]. The van der Waals surface area contributed by atoms with Crippen molar-refractivity contribution in [2.45, 2.75) is 0 Å². The molecule has 0 N–H and O–H groups in total. The van der Waals surface area contributed by atoms with E-state index in [-0.39, 0.29) is 130 Å². The summed E-state index contributed by atoms with van der Waals surface area (Å²) in [4.78, 5) is 44.7. The molecule has 0 heterocycles. The molecule has 12 nitrogen and oxygen atoms in total. The van der Waals surface area contributed by atoms with Crippen molar-refractivity contribution in [1.29, 1.82) is 0 Å². The molecule has 0 amide bonds. The second-order valence-corrected chi connectivity index (χ2v) is 8.04. The number of phosphoric acid groups is 2. The first-order valence-corrected chi connectivity index (χ1v) is 11.5. The van der Waals surface area contributed by atoms with E-state index < -0.39 is 27.1 Å². The van der Waals surface area contributed by atoms with Crippen molar-refractivity contribution < 1.29 is 175 Å². The Balaban J connectivity index is -0.00000272. The molecule has 0 aromatic heterocycles. The molecule has 18 heteroatoms. The quantitative estimate of drug-likeness (QED) is 0.147. The number of methoxy groups -OCH3 is 4. The Bertz CT molecular complexity index is 1080. The first kappa shape index (κ1) is 41.8. The molecule has 0 unspecified atom stereocenters. The number of benzene rings is 2. The van der Waals surface area contributed by atoms with Gasteiger partial charge in [-0.05, 0) is 29.8 Å². The smallest absolute Gasteiger partial charge is 0.780 e. The predicted molar refractivity (Wildman–Crippen MR) is 104 cm³/mol. The Hall–Kier alpha value is 1.28. The van der Waals surface area contributed by atoms with Gasteiger partial charge in [0.15, 0.2) is 23.0 Å². The van der Waals surface area contributed by atoms with Crippen LogP contribution >= 0.6 is 15.6 Å². The maximum atomic E-state index is 11.2. The molecule has 0 atom stereocenters. The zero-order chi connectivity index (χ0) is 24.1. The molecule has 2 aromatic carbocycles. The van der Waals surface area contributed by atoms with E-state index in [9.17, 15) is 28.7 Å². The predicted octanol–water partition coefficient (Wildman–Crippen LogP) is -11.7. The minimum absolute atomic E-state index is 0. The van der Waals surface area contributed by atoms with Gasteiger partial charge >= 0.3 is 118 Å². The summed E-state index contributed by atoms with van der Waals surface area (Å²) in [6, 6.07) is 5.57. The maximum Gasteiger partial charge on any atom is 1.00 e. The fraction of sp³-hybridized carbons (Fsp3) is 0.222. The van der Waals surface area contributed by atoms with Crippen molar-refractivity contribution in [3.05, 3.63) is 35.4 Å². The van der Waals surface area contributed by atoms with Crippen molar-refractivity contribution in [3.63, 3.8) is 0 Å². The van der Waals surface area contributed by atoms with Crippen LogP contribution in [-0.4, -0.2) is 28.4 Å². The standard InChI is InChI=1S/C18H22O12P2.4Na/c1-25-13-8-7-12(16(29-31(19,20)21)18(13)30-32(22,23)24)6-5-11-9-14(26-2)17(28-4)15(10-11)27-3;;;;/h5-10H,1-4H3,(H2,19,20,21)(H2,22,23,24);;;;/q;4*+1/p-4. The summed E-state index contributed by atoms with van der Waals surface area (Å²) in [6.07, 6.45) is 2.72. The summed E-state index contributed by atoms with van der Waals surface area (Å²) in [5.74, 6) is -1.11. The normalized spacial score (nSPS) is 10.6. The van der Waals surface area contributed by atoms with Gasteiger partial charge in [0.05, 0.1) is 28.4 Å². The van der Waals surface area contributed by atoms with Gasteiger partial charge in [0.2, 0.25) is 11.5 Å². The number of phosphoric ester groups is 2.